The number of hydrogen-bond donors (Lipinski definition) is 1. The van der Waals surface area contributed by atoms with Crippen molar-refractivity contribution in [3.05, 3.63) is 64.7 Å². The van der Waals surface area contributed by atoms with Crippen LogP contribution in [0.4, 0.5) is 5.69 Å². The maximum absolute atomic E-state index is 12.6. The molecule has 0 saturated carbocycles. The van der Waals surface area contributed by atoms with Gasteiger partial charge in [-0.05, 0) is 56.5 Å². The molecule has 3 amide bonds. The molecule has 6 nitrogen and oxygen atoms in total. The number of nitrogens with zero attached hydrogens (tertiary/aromatic N) is 2. The zero-order valence-electron chi connectivity index (χ0n) is 16.8. The van der Waals surface area contributed by atoms with E-state index in [1.54, 1.807) is 24.3 Å². The topological polar surface area (TPSA) is 69.7 Å². The molecule has 0 bridgehead atoms. The third kappa shape index (κ3) is 3.50. The first-order valence-electron chi connectivity index (χ1n) is 10.1. The molecular formula is C23H25N3O3. The largest absolute Gasteiger partial charge is 0.369 e. The van der Waals surface area contributed by atoms with Gasteiger partial charge in [0.25, 0.3) is 17.7 Å². The Hall–Kier alpha value is -3.15. The van der Waals surface area contributed by atoms with Gasteiger partial charge in [-0.3, -0.25) is 19.3 Å². The van der Waals surface area contributed by atoms with Crippen LogP contribution in [0, 0.1) is 0 Å². The van der Waals surface area contributed by atoms with E-state index in [2.05, 4.69) is 10.2 Å². The van der Waals surface area contributed by atoms with Crippen molar-refractivity contribution >= 4 is 23.4 Å². The third-order valence-corrected chi connectivity index (χ3v) is 5.48. The van der Waals surface area contributed by atoms with Crippen LogP contribution in [0.1, 0.15) is 56.9 Å². The lowest BCUT2D eigenvalue weighted by molar-refractivity contribution is 0.0658. The van der Waals surface area contributed by atoms with Gasteiger partial charge in [0, 0.05) is 36.9 Å². The van der Waals surface area contributed by atoms with Gasteiger partial charge in [0.1, 0.15) is 0 Å². The fraction of sp³-hybridized carbons (Fsp3) is 0.348. The van der Waals surface area contributed by atoms with Crippen LogP contribution in [0.5, 0.6) is 0 Å². The molecule has 29 heavy (non-hydrogen) atoms. The SMILES string of the molecule is CC(C)NC(=O)c1cccc2c1CCCN2CCN1C(=O)c2ccccc2C1=O. The first kappa shape index (κ1) is 19.2. The van der Waals surface area contributed by atoms with Gasteiger partial charge in [0.05, 0.1) is 11.1 Å². The quantitative estimate of drug-likeness (QED) is 0.796. The molecular weight excluding hydrogens is 366 g/mol. The summed E-state index contributed by atoms with van der Waals surface area (Å²) in [5.74, 6) is -0.514. The second-order valence-electron chi connectivity index (χ2n) is 7.83. The lowest BCUT2D eigenvalue weighted by Gasteiger charge is -2.33. The molecule has 2 aliphatic rings. The van der Waals surface area contributed by atoms with E-state index in [1.807, 2.05) is 32.0 Å². The zero-order chi connectivity index (χ0) is 20.5. The van der Waals surface area contributed by atoms with Crippen molar-refractivity contribution in [1.29, 1.82) is 0 Å². The van der Waals surface area contributed by atoms with Crippen LogP contribution >= 0.6 is 0 Å². The van der Waals surface area contributed by atoms with Gasteiger partial charge in [-0.15, -0.1) is 0 Å². The Morgan fingerprint density at radius 1 is 1.00 bits per heavy atom. The normalized spacial score (nSPS) is 15.6. The van der Waals surface area contributed by atoms with Gasteiger partial charge < -0.3 is 10.2 Å². The number of imide groups is 1. The average molecular weight is 391 g/mol. The molecule has 6 heteroatoms. The third-order valence-electron chi connectivity index (χ3n) is 5.48. The highest BCUT2D eigenvalue weighted by Crippen LogP contribution is 2.30. The van der Waals surface area contributed by atoms with Gasteiger partial charge >= 0.3 is 0 Å². The Morgan fingerprint density at radius 3 is 2.34 bits per heavy atom. The number of benzene rings is 2. The van der Waals surface area contributed by atoms with Crippen molar-refractivity contribution in [2.45, 2.75) is 32.7 Å². The number of hydrogen-bond acceptors (Lipinski definition) is 4. The monoisotopic (exact) mass is 391 g/mol. The smallest absolute Gasteiger partial charge is 0.261 e. The van der Waals surface area contributed by atoms with Crippen LogP contribution in [0.2, 0.25) is 0 Å². The van der Waals surface area contributed by atoms with E-state index in [-0.39, 0.29) is 23.8 Å². The summed E-state index contributed by atoms with van der Waals surface area (Å²) >= 11 is 0. The van der Waals surface area contributed by atoms with Gasteiger partial charge in [-0.25, -0.2) is 0 Å². The summed E-state index contributed by atoms with van der Waals surface area (Å²) in [5.41, 5.74) is 3.72. The Balaban J connectivity index is 1.52. The zero-order valence-corrected chi connectivity index (χ0v) is 16.8. The second kappa shape index (κ2) is 7.70. The summed E-state index contributed by atoms with van der Waals surface area (Å²) in [6, 6.07) is 12.8. The van der Waals surface area contributed by atoms with Crippen LogP contribution < -0.4 is 10.2 Å². The molecule has 0 radical (unpaired) electrons. The van der Waals surface area contributed by atoms with Gasteiger partial charge in [-0.2, -0.15) is 0 Å². The highest BCUT2D eigenvalue weighted by molar-refractivity contribution is 6.21. The lowest BCUT2D eigenvalue weighted by atomic mass is 9.95. The number of fused-ring (bicyclic) bond motifs is 2. The minimum atomic E-state index is -0.229. The van der Waals surface area contributed by atoms with Crippen LogP contribution in [-0.4, -0.2) is 48.3 Å². The molecule has 2 aliphatic heterocycles. The lowest BCUT2D eigenvalue weighted by Crippen LogP contribution is -2.40. The van der Waals surface area contributed by atoms with E-state index < -0.39 is 0 Å². The number of amides is 3. The molecule has 150 valence electrons. The predicted molar refractivity (Wildman–Crippen MR) is 111 cm³/mol. The van der Waals surface area contributed by atoms with Gasteiger partial charge in [0.2, 0.25) is 0 Å². The fourth-order valence-electron chi connectivity index (χ4n) is 4.15. The first-order chi connectivity index (χ1) is 14.0. The van der Waals surface area contributed by atoms with Crippen molar-refractivity contribution in [1.82, 2.24) is 10.2 Å². The predicted octanol–water partition coefficient (Wildman–Crippen LogP) is 2.87. The first-order valence-corrected chi connectivity index (χ1v) is 10.1. The molecule has 0 atom stereocenters. The van der Waals surface area contributed by atoms with Crippen molar-refractivity contribution < 1.29 is 14.4 Å². The Kier molecular flexibility index (Phi) is 5.09. The number of carbonyl (C=O) groups is 3. The Labute approximate surface area is 170 Å². The minimum Gasteiger partial charge on any atom is -0.369 e. The van der Waals surface area contributed by atoms with Crippen LogP contribution in [0.25, 0.3) is 0 Å². The minimum absolute atomic E-state index is 0.0564. The molecule has 2 heterocycles. The molecule has 4 rings (SSSR count). The number of anilines is 1. The van der Waals surface area contributed by atoms with Crippen molar-refractivity contribution in [2.24, 2.45) is 0 Å². The van der Waals surface area contributed by atoms with E-state index in [1.165, 1.54) is 4.90 Å². The molecule has 0 unspecified atom stereocenters. The molecule has 0 fully saturated rings. The van der Waals surface area contributed by atoms with E-state index in [9.17, 15) is 14.4 Å². The van der Waals surface area contributed by atoms with Gasteiger partial charge in [0.15, 0.2) is 0 Å². The molecule has 1 N–H and O–H groups in total. The summed E-state index contributed by atoms with van der Waals surface area (Å²) in [7, 11) is 0. The molecule has 0 spiro atoms. The number of rotatable bonds is 5. The maximum atomic E-state index is 12.6. The number of carbonyl (C=O) groups excluding carboxylic acids is 3. The van der Waals surface area contributed by atoms with Crippen LogP contribution in [0.15, 0.2) is 42.5 Å². The number of nitrogens with one attached hydrogen (secondary N) is 1. The van der Waals surface area contributed by atoms with E-state index in [4.69, 9.17) is 0 Å². The van der Waals surface area contributed by atoms with Crippen molar-refractivity contribution in [2.75, 3.05) is 24.5 Å². The van der Waals surface area contributed by atoms with E-state index in [0.29, 0.717) is 29.8 Å². The van der Waals surface area contributed by atoms with Crippen LogP contribution in [0.3, 0.4) is 0 Å². The van der Waals surface area contributed by atoms with Crippen molar-refractivity contribution in [3.8, 4) is 0 Å². The molecule has 0 aliphatic carbocycles. The summed E-state index contributed by atoms with van der Waals surface area (Å²) in [5, 5.41) is 2.97. The summed E-state index contributed by atoms with van der Waals surface area (Å²) in [6.45, 7) is 5.61. The summed E-state index contributed by atoms with van der Waals surface area (Å²) in [6.07, 6.45) is 1.78. The summed E-state index contributed by atoms with van der Waals surface area (Å²) < 4.78 is 0. The highest BCUT2D eigenvalue weighted by Gasteiger charge is 2.35. The molecule has 2 aromatic rings. The van der Waals surface area contributed by atoms with Crippen molar-refractivity contribution in [3.63, 3.8) is 0 Å². The average Bonchev–Trinajstić information content (AvgIpc) is 2.96. The summed E-state index contributed by atoms with van der Waals surface area (Å²) in [4.78, 5) is 41.3. The molecule has 0 saturated heterocycles. The maximum Gasteiger partial charge on any atom is 0.261 e. The van der Waals surface area contributed by atoms with E-state index >= 15 is 0 Å². The van der Waals surface area contributed by atoms with E-state index in [0.717, 1.165) is 30.6 Å². The molecule has 0 aromatic heterocycles. The van der Waals surface area contributed by atoms with Gasteiger partial charge in [-0.1, -0.05) is 18.2 Å². The molecule has 2 aromatic carbocycles. The Morgan fingerprint density at radius 2 is 1.69 bits per heavy atom. The standard InChI is InChI=1S/C23H25N3O3/c1-15(2)24-21(27)17-9-5-11-20-16(17)10-6-12-25(20)13-14-26-22(28)18-7-3-4-8-19(18)23(26)29/h3-5,7-9,11,15H,6,10,12-14H2,1-2H3,(H,24,27). The van der Waals surface area contributed by atoms with Crippen LogP contribution in [-0.2, 0) is 6.42 Å². The highest BCUT2D eigenvalue weighted by atomic mass is 16.2. The Bertz CT molecular complexity index is 948. The fourth-order valence-corrected chi connectivity index (χ4v) is 4.15. The second-order valence-corrected chi connectivity index (χ2v) is 7.83.